The van der Waals surface area contributed by atoms with Gasteiger partial charge in [0, 0.05) is 49.6 Å². The summed E-state index contributed by atoms with van der Waals surface area (Å²) in [5.74, 6) is 0.884. The van der Waals surface area contributed by atoms with Crippen LogP contribution in [0, 0.1) is 5.92 Å². The molecule has 0 radical (unpaired) electrons. The lowest BCUT2D eigenvalue weighted by atomic mass is 9.69. The molecule has 5 heteroatoms. The first-order chi connectivity index (χ1) is 13.8. The minimum atomic E-state index is 0.391. The standard InChI is InChI=1S/C23H38N4O/c1-2-26-16-20(14-24-26)15-25-12-8-21(9-13-25)27-17-22(28-18-19-6-7-19)23(27)10-4-3-5-11-23/h14,16,19,21-22H,2-13,15,17-18H2,1H3. The minimum Gasteiger partial charge on any atom is -0.375 e. The molecule has 0 aromatic carbocycles. The maximum atomic E-state index is 6.47. The molecule has 1 aromatic rings. The van der Waals surface area contributed by atoms with Crippen LogP contribution in [0.5, 0.6) is 0 Å². The molecule has 1 spiro atoms. The van der Waals surface area contributed by atoms with Gasteiger partial charge in [-0.05, 0) is 64.5 Å². The van der Waals surface area contributed by atoms with E-state index in [9.17, 15) is 0 Å². The molecule has 1 unspecified atom stereocenters. The molecule has 0 amide bonds. The summed E-state index contributed by atoms with van der Waals surface area (Å²) >= 11 is 0. The van der Waals surface area contributed by atoms with Gasteiger partial charge < -0.3 is 4.74 Å². The molecule has 5 rings (SSSR count). The van der Waals surface area contributed by atoms with Gasteiger partial charge >= 0.3 is 0 Å². The second-order valence-corrected chi connectivity index (χ2v) is 9.79. The van der Waals surface area contributed by atoms with E-state index in [4.69, 9.17) is 4.74 Å². The highest BCUT2D eigenvalue weighted by Crippen LogP contribution is 2.48. The van der Waals surface area contributed by atoms with Crippen molar-refractivity contribution in [2.75, 3.05) is 26.2 Å². The number of likely N-dealkylation sites (tertiary alicyclic amines) is 2. The third-order valence-electron chi connectivity index (χ3n) is 7.90. The number of ether oxygens (including phenoxy) is 1. The van der Waals surface area contributed by atoms with E-state index in [0.29, 0.717) is 11.6 Å². The lowest BCUT2D eigenvalue weighted by Crippen LogP contribution is -2.75. The van der Waals surface area contributed by atoms with Gasteiger partial charge in [-0.3, -0.25) is 14.5 Å². The van der Waals surface area contributed by atoms with Crippen LogP contribution >= 0.6 is 0 Å². The zero-order chi connectivity index (χ0) is 19.0. The molecule has 4 fully saturated rings. The van der Waals surface area contributed by atoms with Crippen molar-refractivity contribution in [3.05, 3.63) is 18.0 Å². The highest BCUT2D eigenvalue weighted by atomic mass is 16.5. The number of nitrogens with zero attached hydrogens (tertiary/aromatic N) is 4. The normalized spacial score (nSPS) is 29.2. The van der Waals surface area contributed by atoms with E-state index in [1.165, 1.54) is 83.0 Å². The largest absolute Gasteiger partial charge is 0.375 e. The summed E-state index contributed by atoms with van der Waals surface area (Å²) in [6.07, 6.45) is 17.2. The van der Waals surface area contributed by atoms with E-state index >= 15 is 0 Å². The van der Waals surface area contributed by atoms with Crippen molar-refractivity contribution in [1.29, 1.82) is 0 Å². The van der Waals surface area contributed by atoms with Crippen molar-refractivity contribution >= 4 is 0 Å². The molecule has 5 nitrogen and oxygen atoms in total. The van der Waals surface area contributed by atoms with Crippen molar-refractivity contribution in [2.45, 2.75) is 95.5 Å². The molecule has 1 aromatic heterocycles. The fourth-order valence-corrected chi connectivity index (χ4v) is 5.94. The number of aromatic nitrogens is 2. The lowest BCUT2D eigenvalue weighted by molar-refractivity contribution is -0.203. The predicted octanol–water partition coefficient (Wildman–Crippen LogP) is 3.68. The topological polar surface area (TPSA) is 33.5 Å². The average Bonchev–Trinajstić information content (AvgIpc) is 3.45. The van der Waals surface area contributed by atoms with Crippen molar-refractivity contribution in [2.24, 2.45) is 5.92 Å². The predicted molar refractivity (Wildman–Crippen MR) is 111 cm³/mol. The summed E-state index contributed by atoms with van der Waals surface area (Å²) in [6.45, 7) is 8.85. The summed E-state index contributed by atoms with van der Waals surface area (Å²) < 4.78 is 8.51. The van der Waals surface area contributed by atoms with Crippen LogP contribution in [0.4, 0.5) is 0 Å². The van der Waals surface area contributed by atoms with Crippen molar-refractivity contribution < 1.29 is 4.74 Å². The Hall–Kier alpha value is -0.910. The van der Waals surface area contributed by atoms with Crippen molar-refractivity contribution in [1.82, 2.24) is 19.6 Å². The first-order valence-electron chi connectivity index (χ1n) is 11.9. The second kappa shape index (κ2) is 8.08. The van der Waals surface area contributed by atoms with Crippen LogP contribution in [0.2, 0.25) is 0 Å². The van der Waals surface area contributed by atoms with Gasteiger partial charge in [0.05, 0.1) is 12.3 Å². The van der Waals surface area contributed by atoms with Gasteiger partial charge in [0.15, 0.2) is 0 Å². The molecule has 2 saturated carbocycles. The highest BCUT2D eigenvalue weighted by Gasteiger charge is 2.56. The van der Waals surface area contributed by atoms with Gasteiger partial charge in [-0.25, -0.2) is 0 Å². The molecule has 2 saturated heterocycles. The number of aryl methyl sites for hydroxylation is 1. The summed E-state index contributed by atoms with van der Waals surface area (Å²) in [4.78, 5) is 5.53. The SMILES string of the molecule is CCn1cc(CN2CCC(N3CC(OCC4CC4)C34CCCCC4)CC2)cn1. The first kappa shape index (κ1) is 19.1. The Morgan fingerprint density at radius 1 is 1.11 bits per heavy atom. The average molecular weight is 387 g/mol. The molecule has 0 N–H and O–H groups in total. The highest BCUT2D eigenvalue weighted by molar-refractivity contribution is 5.12. The quantitative estimate of drug-likeness (QED) is 0.716. The molecule has 0 bridgehead atoms. The van der Waals surface area contributed by atoms with Gasteiger partial charge in [-0.15, -0.1) is 0 Å². The van der Waals surface area contributed by atoms with Crippen LogP contribution in [-0.4, -0.2) is 63.5 Å². The summed E-state index contributed by atoms with van der Waals surface area (Å²) in [5.41, 5.74) is 1.75. The van der Waals surface area contributed by atoms with Crippen LogP contribution < -0.4 is 0 Å². The van der Waals surface area contributed by atoms with Gasteiger partial charge in [0.2, 0.25) is 0 Å². The molecule has 2 aliphatic carbocycles. The van der Waals surface area contributed by atoms with Gasteiger partial charge in [0.1, 0.15) is 0 Å². The Labute approximate surface area is 170 Å². The third-order valence-corrected chi connectivity index (χ3v) is 7.90. The molecule has 3 heterocycles. The van der Waals surface area contributed by atoms with Crippen molar-refractivity contribution in [3.63, 3.8) is 0 Å². The molecular formula is C23H38N4O. The van der Waals surface area contributed by atoms with E-state index in [1.807, 2.05) is 10.9 Å². The van der Waals surface area contributed by atoms with E-state index in [0.717, 1.165) is 31.7 Å². The number of piperidine rings is 1. The molecule has 156 valence electrons. The Kier molecular flexibility index (Phi) is 5.50. The van der Waals surface area contributed by atoms with E-state index in [1.54, 1.807) is 0 Å². The molecule has 1 atom stereocenters. The number of hydrogen-bond donors (Lipinski definition) is 0. The zero-order valence-electron chi connectivity index (χ0n) is 17.7. The zero-order valence-corrected chi connectivity index (χ0v) is 17.7. The number of rotatable bonds is 7. The van der Waals surface area contributed by atoms with E-state index in [-0.39, 0.29) is 0 Å². The molecule has 28 heavy (non-hydrogen) atoms. The minimum absolute atomic E-state index is 0.391. The first-order valence-corrected chi connectivity index (χ1v) is 11.9. The fourth-order valence-electron chi connectivity index (χ4n) is 5.94. The lowest BCUT2D eigenvalue weighted by Gasteiger charge is -2.63. The second-order valence-electron chi connectivity index (χ2n) is 9.79. The number of hydrogen-bond acceptors (Lipinski definition) is 4. The van der Waals surface area contributed by atoms with Crippen molar-refractivity contribution in [3.8, 4) is 0 Å². The monoisotopic (exact) mass is 386 g/mol. The van der Waals surface area contributed by atoms with Gasteiger partial charge in [0.25, 0.3) is 0 Å². The van der Waals surface area contributed by atoms with E-state index < -0.39 is 0 Å². The summed E-state index contributed by atoms with van der Waals surface area (Å²) in [7, 11) is 0. The van der Waals surface area contributed by atoms with Crippen LogP contribution in [0.1, 0.15) is 70.3 Å². The maximum absolute atomic E-state index is 6.47. The maximum Gasteiger partial charge on any atom is 0.0885 e. The van der Waals surface area contributed by atoms with Crippen LogP contribution in [0.25, 0.3) is 0 Å². The van der Waals surface area contributed by atoms with Gasteiger partial charge in [-0.1, -0.05) is 19.3 Å². The fraction of sp³-hybridized carbons (Fsp3) is 0.870. The molecule has 4 aliphatic rings. The Balaban J connectivity index is 1.16. The van der Waals surface area contributed by atoms with Crippen LogP contribution in [0.15, 0.2) is 12.4 Å². The Morgan fingerprint density at radius 2 is 1.89 bits per heavy atom. The Morgan fingerprint density at radius 3 is 2.57 bits per heavy atom. The molecule has 2 aliphatic heterocycles. The van der Waals surface area contributed by atoms with Crippen LogP contribution in [-0.2, 0) is 17.8 Å². The van der Waals surface area contributed by atoms with Gasteiger partial charge in [-0.2, -0.15) is 5.10 Å². The Bertz CT molecular complexity index is 641. The smallest absolute Gasteiger partial charge is 0.0885 e. The summed E-state index contributed by atoms with van der Waals surface area (Å²) in [6, 6.07) is 0.772. The molecular weight excluding hydrogens is 348 g/mol. The van der Waals surface area contributed by atoms with Crippen LogP contribution in [0.3, 0.4) is 0 Å². The third kappa shape index (κ3) is 3.78. The van der Waals surface area contributed by atoms with E-state index in [2.05, 4.69) is 28.0 Å². The summed E-state index contributed by atoms with van der Waals surface area (Å²) in [5, 5.41) is 4.43.